The fourth-order valence-electron chi connectivity index (χ4n) is 1.45. The van der Waals surface area contributed by atoms with Crippen LogP contribution in [0.3, 0.4) is 0 Å². The average Bonchev–Trinajstić information content (AvgIpc) is 2.18. The van der Waals surface area contributed by atoms with Gasteiger partial charge >= 0.3 is 0 Å². The number of methoxy groups -OCH3 is 1. The molecule has 84 valence electrons. The van der Waals surface area contributed by atoms with Gasteiger partial charge in [0.15, 0.2) is 0 Å². The number of rotatable bonds is 4. The van der Waals surface area contributed by atoms with Gasteiger partial charge in [-0.05, 0) is 18.6 Å². The minimum absolute atomic E-state index is 0.266. The van der Waals surface area contributed by atoms with E-state index >= 15 is 0 Å². The summed E-state index contributed by atoms with van der Waals surface area (Å²) >= 11 is 5.78. The van der Waals surface area contributed by atoms with Crippen LogP contribution < -0.4 is 10.5 Å². The first-order valence-electron chi connectivity index (χ1n) is 4.88. The van der Waals surface area contributed by atoms with Gasteiger partial charge in [-0.1, -0.05) is 24.9 Å². The summed E-state index contributed by atoms with van der Waals surface area (Å²) in [5, 5.41) is 0.266. The Hall–Kier alpha value is -0.800. The van der Waals surface area contributed by atoms with Crippen LogP contribution in [0.4, 0.5) is 4.39 Å². The van der Waals surface area contributed by atoms with E-state index in [1.165, 1.54) is 13.2 Å². The van der Waals surface area contributed by atoms with Crippen LogP contribution in [0.2, 0.25) is 5.02 Å². The van der Waals surface area contributed by atoms with Crippen molar-refractivity contribution in [1.82, 2.24) is 0 Å². The van der Waals surface area contributed by atoms with E-state index in [0.717, 1.165) is 12.8 Å². The quantitative estimate of drug-likeness (QED) is 0.863. The van der Waals surface area contributed by atoms with Crippen molar-refractivity contribution in [3.8, 4) is 5.75 Å². The second-order valence-electron chi connectivity index (χ2n) is 3.40. The Morgan fingerprint density at radius 1 is 1.53 bits per heavy atom. The lowest BCUT2D eigenvalue weighted by Gasteiger charge is -2.14. The number of halogens is 2. The van der Waals surface area contributed by atoms with Crippen LogP contribution in [0.5, 0.6) is 5.75 Å². The SMILES string of the molecule is CCCC(N)c1cc(OC)c(Cl)cc1F. The molecule has 0 bridgehead atoms. The second kappa shape index (κ2) is 5.33. The van der Waals surface area contributed by atoms with Gasteiger partial charge in [0.25, 0.3) is 0 Å². The predicted molar refractivity (Wildman–Crippen MR) is 59.8 cm³/mol. The monoisotopic (exact) mass is 231 g/mol. The van der Waals surface area contributed by atoms with Gasteiger partial charge in [-0.2, -0.15) is 0 Å². The zero-order chi connectivity index (χ0) is 11.4. The molecule has 0 aromatic heterocycles. The van der Waals surface area contributed by atoms with E-state index in [1.54, 1.807) is 6.07 Å². The first-order valence-corrected chi connectivity index (χ1v) is 5.26. The molecule has 2 nitrogen and oxygen atoms in total. The van der Waals surface area contributed by atoms with Crippen molar-refractivity contribution < 1.29 is 9.13 Å². The Bertz CT molecular complexity index is 344. The molecule has 0 radical (unpaired) electrons. The third kappa shape index (κ3) is 2.83. The van der Waals surface area contributed by atoms with Gasteiger partial charge in [0.2, 0.25) is 0 Å². The molecule has 0 heterocycles. The van der Waals surface area contributed by atoms with E-state index in [0.29, 0.717) is 11.3 Å². The van der Waals surface area contributed by atoms with Crippen LogP contribution in [-0.4, -0.2) is 7.11 Å². The van der Waals surface area contributed by atoms with Crippen molar-refractivity contribution in [2.75, 3.05) is 7.11 Å². The summed E-state index contributed by atoms with van der Waals surface area (Å²) < 4.78 is 18.5. The van der Waals surface area contributed by atoms with Crippen LogP contribution in [0.25, 0.3) is 0 Å². The molecule has 1 atom stereocenters. The molecule has 1 aromatic rings. The molecule has 1 aromatic carbocycles. The molecule has 2 N–H and O–H groups in total. The average molecular weight is 232 g/mol. The topological polar surface area (TPSA) is 35.2 Å². The summed E-state index contributed by atoms with van der Waals surface area (Å²) in [5.41, 5.74) is 6.30. The maximum Gasteiger partial charge on any atom is 0.137 e. The van der Waals surface area contributed by atoms with Crippen LogP contribution >= 0.6 is 11.6 Å². The lowest BCUT2D eigenvalue weighted by Crippen LogP contribution is -2.12. The minimum atomic E-state index is -0.373. The largest absolute Gasteiger partial charge is 0.495 e. The summed E-state index contributed by atoms with van der Waals surface area (Å²) in [4.78, 5) is 0. The van der Waals surface area contributed by atoms with Crippen LogP contribution in [0, 0.1) is 5.82 Å². The number of ether oxygens (including phenoxy) is 1. The Morgan fingerprint density at radius 3 is 2.73 bits per heavy atom. The molecule has 0 aliphatic carbocycles. The first kappa shape index (κ1) is 12.3. The van der Waals surface area contributed by atoms with Gasteiger partial charge in [-0.15, -0.1) is 0 Å². The first-order chi connectivity index (χ1) is 7.10. The highest BCUT2D eigenvalue weighted by molar-refractivity contribution is 6.32. The van der Waals surface area contributed by atoms with E-state index in [2.05, 4.69) is 0 Å². The van der Waals surface area contributed by atoms with Crippen molar-refractivity contribution in [2.24, 2.45) is 5.73 Å². The third-order valence-corrected chi connectivity index (χ3v) is 2.57. The third-order valence-electron chi connectivity index (χ3n) is 2.27. The maximum atomic E-state index is 13.5. The molecular weight excluding hydrogens is 217 g/mol. The van der Waals surface area contributed by atoms with Gasteiger partial charge in [0.1, 0.15) is 11.6 Å². The van der Waals surface area contributed by atoms with E-state index in [1.807, 2.05) is 6.92 Å². The summed E-state index contributed by atoms with van der Waals surface area (Å²) in [5.74, 6) is 0.0846. The molecule has 0 saturated carbocycles. The molecule has 0 aliphatic rings. The Morgan fingerprint density at radius 2 is 2.20 bits per heavy atom. The van der Waals surface area contributed by atoms with E-state index in [9.17, 15) is 4.39 Å². The van der Waals surface area contributed by atoms with Crippen molar-refractivity contribution in [3.63, 3.8) is 0 Å². The Kier molecular flexibility index (Phi) is 4.36. The molecule has 1 rings (SSSR count). The Balaban J connectivity index is 3.06. The fourth-order valence-corrected chi connectivity index (χ4v) is 1.68. The molecule has 15 heavy (non-hydrogen) atoms. The van der Waals surface area contributed by atoms with Gasteiger partial charge < -0.3 is 10.5 Å². The maximum absolute atomic E-state index is 13.5. The van der Waals surface area contributed by atoms with Crippen LogP contribution in [0.15, 0.2) is 12.1 Å². The highest BCUT2D eigenvalue weighted by Gasteiger charge is 2.14. The van der Waals surface area contributed by atoms with Crippen molar-refractivity contribution in [3.05, 3.63) is 28.5 Å². The fraction of sp³-hybridized carbons (Fsp3) is 0.455. The van der Waals surface area contributed by atoms with Crippen molar-refractivity contribution in [1.29, 1.82) is 0 Å². The van der Waals surface area contributed by atoms with Gasteiger partial charge in [0, 0.05) is 11.6 Å². The smallest absolute Gasteiger partial charge is 0.137 e. The van der Waals surface area contributed by atoms with Gasteiger partial charge in [-0.3, -0.25) is 0 Å². The molecular formula is C11H15ClFNO. The van der Waals surface area contributed by atoms with Crippen molar-refractivity contribution in [2.45, 2.75) is 25.8 Å². The lowest BCUT2D eigenvalue weighted by atomic mass is 10.0. The minimum Gasteiger partial charge on any atom is -0.495 e. The number of nitrogens with two attached hydrogens (primary N) is 1. The van der Waals surface area contributed by atoms with Crippen LogP contribution in [0.1, 0.15) is 31.4 Å². The van der Waals surface area contributed by atoms with Crippen LogP contribution in [-0.2, 0) is 0 Å². The summed E-state index contributed by atoms with van der Waals surface area (Å²) in [6.07, 6.45) is 1.65. The zero-order valence-electron chi connectivity index (χ0n) is 8.89. The normalized spacial score (nSPS) is 12.6. The molecule has 1 unspecified atom stereocenters. The van der Waals surface area contributed by atoms with E-state index < -0.39 is 0 Å². The Labute approximate surface area is 94.2 Å². The highest BCUT2D eigenvalue weighted by Crippen LogP contribution is 2.30. The number of hydrogen-bond acceptors (Lipinski definition) is 2. The van der Waals surface area contributed by atoms with Gasteiger partial charge in [-0.25, -0.2) is 4.39 Å². The van der Waals surface area contributed by atoms with Crippen molar-refractivity contribution >= 4 is 11.6 Å². The van der Waals surface area contributed by atoms with E-state index in [4.69, 9.17) is 22.1 Å². The number of hydrogen-bond donors (Lipinski definition) is 1. The number of benzene rings is 1. The molecule has 0 aliphatic heterocycles. The van der Waals surface area contributed by atoms with Gasteiger partial charge in [0.05, 0.1) is 12.1 Å². The summed E-state index contributed by atoms with van der Waals surface area (Å²) in [7, 11) is 1.49. The standard InChI is InChI=1S/C11H15ClFNO/c1-3-4-10(14)7-5-11(15-2)8(12)6-9(7)13/h5-6,10H,3-4,14H2,1-2H3. The lowest BCUT2D eigenvalue weighted by molar-refractivity contribution is 0.411. The summed E-state index contributed by atoms with van der Waals surface area (Å²) in [6.45, 7) is 2.00. The molecule has 4 heteroatoms. The molecule has 0 amide bonds. The molecule has 0 saturated heterocycles. The molecule has 0 spiro atoms. The zero-order valence-corrected chi connectivity index (χ0v) is 9.64. The highest BCUT2D eigenvalue weighted by atomic mass is 35.5. The predicted octanol–water partition coefficient (Wildman–Crippen LogP) is 3.29. The second-order valence-corrected chi connectivity index (χ2v) is 3.81. The van der Waals surface area contributed by atoms with E-state index in [-0.39, 0.29) is 16.9 Å². The summed E-state index contributed by atoms with van der Waals surface area (Å²) in [6, 6.07) is 2.50. The molecule has 0 fully saturated rings.